The Morgan fingerprint density at radius 3 is 2.89 bits per heavy atom. The summed E-state index contributed by atoms with van der Waals surface area (Å²) >= 11 is 0. The van der Waals surface area contributed by atoms with E-state index in [4.69, 9.17) is 9.15 Å². The van der Waals surface area contributed by atoms with Crippen LogP contribution in [0.2, 0.25) is 0 Å². The molecule has 102 valence electrons. The van der Waals surface area contributed by atoms with Gasteiger partial charge in [-0.2, -0.15) is 0 Å². The smallest absolute Gasteiger partial charge is 0.134 e. The van der Waals surface area contributed by atoms with Crippen LogP contribution in [0.5, 0.6) is 0 Å². The normalized spacial score (nSPS) is 24.3. The second-order valence-electron chi connectivity index (χ2n) is 5.32. The molecule has 1 aliphatic rings. The lowest BCUT2D eigenvalue weighted by Crippen LogP contribution is -2.46. The number of hydrogen-bond donors (Lipinski definition) is 1. The minimum absolute atomic E-state index is 0.250. The molecule has 3 rings (SSSR count). The summed E-state index contributed by atoms with van der Waals surface area (Å²) in [4.78, 5) is 0. The molecule has 1 heterocycles. The largest absolute Gasteiger partial charge is 0.459 e. The van der Waals surface area contributed by atoms with Crippen LogP contribution in [0.25, 0.3) is 11.0 Å². The summed E-state index contributed by atoms with van der Waals surface area (Å²) in [6.45, 7) is 5.03. The van der Waals surface area contributed by atoms with Gasteiger partial charge in [0, 0.05) is 18.0 Å². The van der Waals surface area contributed by atoms with E-state index in [9.17, 15) is 0 Å². The molecule has 1 aromatic carbocycles. The fraction of sp³-hybridized carbons (Fsp3) is 0.500. The first kappa shape index (κ1) is 12.7. The summed E-state index contributed by atoms with van der Waals surface area (Å²) in [5.74, 6) is 1.01. The molecule has 3 heteroatoms. The van der Waals surface area contributed by atoms with Crippen molar-refractivity contribution in [2.75, 3.05) is 6.61 Å². The van der Waals surface area contributed by atoms with E-state index in [0.717, 1.165) is 30.8 Å². The fourth-order valence-corrected chi connectivity index (χ4v) is 2.72. The van der Waals surface area contributed by atoms with Gasteiger partial charge in [0.2, 0.25) is 0 Å². The van der Waals surface area contributed by atoms with Gasteiger partial charge in [0.05, 0.1) is 12.1 Å². The minimum atomic E-state index is 0.250. The number of nitrogens with one attached hydrogen (secondary N) is 1. The summed E-state index contributed by atoms with van der Waals surface area (Å²) in [5.41, 5.74) is 0.965. The first-order chi connectivity index (χ1) is 9.26. The molecule has 1 unspecified atom stereocenters. The zero-order valence-electron chi connectivity index (χ0n) is 11.6. The molecule has 0 spiro atoms. The number of hydrogen-bond acceptors (Lipinski definition) is 3. The topological polar surface area (TPSA) is 34.4 Å². The van der Waals surface area contributed by atoms with Crippen molar-refractivity contribution in [2.24, 2.45) is 0 Å². The van der Waals surface area contributed by atoms with Gasteiger partial charge in [0.15, 0.2) is 0 Å². The highest BCUT2D eigenvalue weighted by Crippen LogP contribution is 2.28. The Labute approximate surface area is 113 Å². The Kier molecular flexibility index (Phi) is 3.58. The van der Waals surface area contributed by atoms with Crippen molar-refractivity contribution in [3.05, 3.63) is 36.1 Å². The van der Waals surface area contributed by atoms with Crippen LogP contribution in [0.3, 0.4) is 0 Å². The van der Waals surface area contributed by atoms with Crippen molar-refractivity contribution in [2.45, 2.75) is 44.9 Å². The molecule has 1 atom stereocenters. The lowest BCUT2D eigenvalue weighted by atomic mass is 9.88. The Morgan fingerprint density at radius 1 is 1.37 bits per heavy atom. The highest BCUT2D eigenvalue weighted by atomic mass is 16.5. The summed E-state index contributed by atoms with van der Waals surface area (Å²) in [6, 6.07) is 11.1. The summed E-state index contributed by atoms with van der Waals surface area (Å²) in [5, 5.41) is 4.78. The Morgan fingerprint density at radius 2 is 2.16 bits per heavy atom. The first-order valence-corrected chi connectivity index (χ1v) is 7.12. The average Bonchev–Trinajstić information content (AvgIpc) is 2.80. The van der Waals surface area contributed by atoms with Crippen LogP contribution in [0, 0.1) is 0 Å². The van der Waals surface area contributed by atoms with Gasteiger partial charge in [-0.1, -0.05) is 18.2 Å². The fourth-order valence-electron chi connectivity index (χ4n) is 2.72. The molecule has 19 heavy (non-hydrogen) atoms. The predicted octanol–water partition coefficient (Wildman–Crippen LogP) is 3.65. The molecule has 1 aromatic heterocycles. The van der Waals surface area contributed by atoms with Gasteiger partial charge in [-0.05, 0) is 38.8 Å². The van der Waals surface area contributed by atoms with Crippen LogP contribution < -0.4 is 5.32 Å². The number of fused-ring (bicyclic) bond motifs is 1. The monoisotopic (exact) mass is 259 g/mol. The third-order valence-corrected chi connectivity index (χ3v) is 3.85. The number of furan rings is 1. The lowest BCUT2D eigenvalue weighted by molar-refractivity contribution is -0.0125. The maximum absolute atomic E-state index is 5.88. The molecule has 0 radical (unpaired) electrons. The van der Waals surface area contributed by atoms with Crippen LogP contribution in [-0.4, -0.2) is 18.8 Å². The van der Waals surface area contributed by atoms with Gasteiger partial charge in [0.1, 0.15) is 11.3 Å². The van der Waals surface area contributed by atoms with E-state index in [1.54, 1.807) is 0 Å². The summed E-state index contributed by atoms with van der Waals surface area (Å²) < 4.78 is 11.5. The van der Waals surface area contributed by atoms with E-state index in [0.29, 0.717) is 12.1 Å². The van der Waals surface area contributed by atoms with E-state index in [-0.39, 0.29) is 6.04 Å². The Bertz CT molecular complexity index is 509. The summed E-state index contributed by atoms with van der Waals surface area (Å²) in [6.07, 6.45) is 2.67. The molecule has 1 N–H and O–H groups in total. The molecule has 0 aliphatic heterocycles. The van der Waals surface area contributed by atoms with E-state index in [1.165, 1.54) is 5.39 Å². The van der Waals surface area contributed by atoms with Gasteiger partial charge in [0.25, 0.3) is 0 Å². The molecule has 1 aliphatic carbocycles. The van der Waals surface area contributed by atoms with Gasteiger partial charge >= 0.3 is 0 Å². The maximum Gasteiger partial charge on any atom is 0.134 e. The molecule has 1 saturated carbocycles. The van der Waals surface area contributed by atoms with E-state index in [1.807, 2.05) is 18.2 Å². The first-order valence-electron chi connectivity index (χ1n) is 7.12. The van der Waals surface area contributed by atoms with Crippen molar-refractivity contribution in [3.8, 4) is 0 Å². The molecular weight excluding hydrogens is 238 g/mol. The molecule has 0 saturated heterocycles. The lowest BCUT2D eigenvalue weighted by Gasteiger charge is -2.37. The molecule has 2 aromatic rings. The molecule has 0 amide bonds. The number of para-hydroxylation sites is 1. The predicted molar refractivity (Wildman–Crippen MR) is 76.2 cm³/mol. The van der Waals surface area contributed by atoms with Crippen molar-refractivity contribution in [1.82, 2.24) is 5.32 Å². The van der Waals surface area contributed by atoms with Gasteiger partial charge < -0.3 is 14.5 Å². The van der Waals surface area contributed by atoms with Crippen LogP contribution in [0.15, 0.2) is 34.7 Å². The van der Waals surface area contributed by atoms with Crippen molar-refractivity contribution < 1.29 is 9.15 Å². The molecular formula is C16H21NO2. The van der Waals surface area contributed by atoms with Crippen LogP contribution in [0.1, 0.15) is 38.5 Å². The van der Waals surface area contributed by atoms with E-state index >= 15 is 0 Å². The van der Waals surface area contributed by atoms with Gasteiger partial charge in [-0.15, -0.1) is 0 Å². The van der Waals surface area contributed by atoms with Crippen molar-refractivity contribution in [1.29, 1.82) is 0 Å². The highest BCUT2D eigenvalue weighted by molar-refractivity contribution is 5.77. The minimum Gasteiger partial charge on any atom is -0.459 e. The number of ether oxygens (including phenoxy) is 1. The van der Waals surface area contributed by atoms with Crippen molar-refractivity contribution in [3.63, 3.8) is 0 Å². The quantitative estimate of drug-likeness (QED) is 0.890. The van der Waals surface area contributed by atoms with Crippen LogP contribution in [-0.2, 0) is 4.74 Å². The zero-order valence-corrected chi connectivity index (χ0v) is 11.6. The van der Waals surface area contributed by atoms with E-state index in [2.05, 4.69) is 31.3 Å². The third kappa shape index (κ3) is 2.67. The highest BCUT2D eigenvalue weighted by Gasteiger charge is 2.30. The average molecular weight is 259 g/mol. The summed E-state index contributed by atoms with van der Waals surface area (Å²) in [7, 11) is 0. The third-order valence-electron chi connectivity index (χ3n) is 3.85. The molecule has 3 nitrogen and oxygen atoms in total. The number of rotatable bonds is 5. The van der Waals surface area contributed by atoms with Crippen molar-refractivity contribution >= 4 is 11.0 Å². The second kappa shape index (κ2) is 5.35. The zero-order chi connectivity index (χ0) is 13.2. The Balaban J connectivity index is 1.60. The molecule has 0 bridgehead atoms. The maximum atomic E-state index is 5.88. The van der Waals surface area contributed by atoms with Gasteiger partial charge in [-0.25, -0.2) is 0 Å². The second-order valence-corrected chi connectivity index (χ2v) is 5.32. The Hall–Kier alpha value is -1.32. The van der Waals surface area contributed by atoms with Gasteiger partial charge in [-0.3, -0.25) is 0 Å². The molecule has 1 fully saturated rings. The SMILES string of the molecule is CCOC1CC(NC(C)c2cc3ccccc3o2)C1. The van der Waals surface area contributed by atoms with Crippen LogP contribution in [0.4, 0.5) is 0 Å². The number of benzene rings is 1. The van der Waals surface area contributed by atoms with E-state index < -0.39 is 0 Å². The van der Waals surface area contributed by atoms with Crippen LogP contribution >= 0.6 is 0 Å². The standard InChI is InChI=1S/C16H21NO2/c1-3-18-14-9-13(10-14)17-11(2)16-8-12-6-4-5-7-15(12)19-16/h4-8,11,13-14,17H,3,9-10H2,1-2H3.